The van der Waals surface area contributed by atoms with E-state index in [1.54, 1.807) is 23.9 Å². The van der Waals surface area contributed by atoms with Gasteiger partial charge >= 0.3 is 5.69 Å². The molecule has 0 radical (unpaired) electrons. The molecule has 2 unspecified atom stereocenters. The number of benzene rings is 1. The molecule has 4 aromatic rings. The van der Waals surface area contributed by atoms with Gasteiger partial charge in [0.2, 0.25) is 11.8 Å². The van der Waals surface area contributed by atoms with E-state index in [0.29, 0.717) is 75.9 Å². The molecule has 352 valence electrons. The molecule has 5 saturated heterocycles. The standard InChI is InChI=1S/C45H55F3N12O6/c1-55-40-33(3-2-4-34(40)60(45(55)64)35-9-10-38(61)53-44(35)63)57-18-26(19-57)23-66-36-12-14-56(21-31(36)46)17-25-5-7-27(8-6-25)59-22-32(39(54-59)41(47)48)51-43(62)30(16-49)42-50-13-11-37(52-42)58-20-29-15-28(58)24-65-29/h2-4,11,13,16,22,25-29,31,35-36,41H,5-10,12,14-15,17-21,23-24,49H2,1H3,(H,51,62)(H,53,61,63)/b30-16+/t25?,27?,28?,29-,31+,35?,36+/m1/s1. The minimum atomic E-state index is -2.92. The molecule has 6 fully saturated rings. The summed E-state index contributed by atoms with van der Waals surface area (Å²) < 4.78 is 60.6. The van der Waals surface area contributed by atoms with E-state index in [2.05, 4.69) is 40.4 Å². The summed E-state index contributed by atoms with van der Waals surface area (Å²) in [7, 11) is 1.69. The second kappa shape index (κ2) is 18.1. The largest absolute Gasteiger partial charge is 0.404 e. The van der Waals surface area contributed by atoms with Crippen molar-refractivity contribution in [1.29, 1.82) is 0 Å². The predicted molar refractivity (Wildman–Crippen MR) is 236 cm³/mol. The van der Waals surface area contributed by atoms with Crippen molar-refractivity contribution in [2.24, 2.45) is 24.6 Å². The van der Waals surface area contributed by atoms with Crippen LogP contribution in [0.25, 0.3) is 16.6 Å². The number of rotatable bonds is 13. The van der Waals surface area contributed by atoms with Gasteiger partial charge in [0.05, 0.1) is 65.5 Å². The summed E-state index contributed by atoms with van der Waals surface area (Å²) in [5.41, 5.74) is 7.12. The maximum atomic E-state index is 15.6. The number of nitrogens with two attached hydrogens (primary N) is 1. The van der Waals surface area contributed by atoms with Crippen LogP contribution in [0.4, 0.5) is 30.4 Å². The Bertz CT molecular complexity index is 2580. The number of hydrogen-bond donors (Lipinski definition) is 3. The van der Waals surface area contributed by atoms with Crippen molar-refractivity contribution in [2.75, 3.05) is 67.6 Å². The zero-order chi connectivity index (χ0) is 45.8. The normalized spacial score (nSPS) is 27.5. The average molecular weight is 917 g/mol. The van der Waals surface area contributed by atoms with Crippen molar-refractivity contribution in [3.63, 3.8) is 0 Å². The predicted octanol–water partition coefficient (Wildman–Crippen LogP) is 3.45. The van der Waals surface area contributed by atoms with E-state index in [4.69, 9.17) is 15.2 Å². The van der Waals surface area contributed by atoms with Crippen LogP contribution in [-0.4, -0.2) is 128 Å². The number of anilines is 3. The molecule has 4 N–H and O–H groups in total. The number of nitrogens with one attached hydrogen (secondary N) is 2. The van der Waals surface area contributed by atoms with Crippen LogP contribution in [0, 0.1) is 11.8 Å². The van der Waals surface area contributed by atoms with Gasteiger partial charge in [0.1, 0.15) is 18.0 Å². The van der Waals surface area contributed by atoms with Gasteiger partial charge in [-0.3, -0.25) is 38.4 Å². The first-order valence-corrected chi connectivity index (χ1v) is 23.0. The molecule has 6 aliphatic rings. The molecule has 18 nitrogen and oxygen atoms in total. The van der Waals surface area contributed by atoms with Gasteiger partial charge in [0.25, 0.3) is 12.3 Å². The number of carbonyl (C=O) groups excluding carboxylic acids is 3. The number of nitrogens with zero attached hydrogens (tertiary/aromatic N) is 9. The SMILES string of the molecule is Cn1c(=O)n(C2CCC(=O)NC2=O)c2cccc(N3CC(CO[C@H]4CCN(CC5CCC(n6cc(NC(=O)/C(=C/N)c7nccc(N8C[C@H]9CC8CO9)n7)c(C(F)F)n6)CC5)C[C@@H]4F)C3)c21. The van der Waals surface area contributed by atoms with E-state index in [1.165, 1.54) is 15.4 Å². The first-order valence-electron chi connectivity index (χ1n) is 23.0. The highest BCUT2D eigenvalue weighted by molar-refractivity contribution is 6.24. The zero-order valence-electron chi connectivity index (χ0n) is 36.7. The number of fused-ring (bicyclic) bond motifs is 3. The highest BCUT2D eigenvalue weighted by Gasteiger charge is 2.41. The molecule has 8 heterocycles. The number of piperidine rings is 2. The molecule has 2 bridgehead atoms. The fourth-order valence-corrected chi connectivity index (χ4v) is 10.9. The van der Waals surface area contributed by atoms with Crippen LogP contribution in [0.5, 0.6) is 0 Å². The molecule has 5 atom stereocenters. The Morgan fingerprint density at radius 2 is 1.86 bits per heavy atom. The molecular formula is C45H55F3N12O6. The summed E-state index contributed by atoms with van der Waals surface area (Å²) >= 11 is 0. The number of amides is 3. The molecule has 5 aliphatic heterocycles. The molecule has 10 rings (SSSR count). The topological polar surface area (TPSA) is 200 Å². The second-order valence-electron chi connectivity index (χ2n) is 18.7. The van der Waals surface area contributed by atoms with E-state index in [1.807, 2.05) is 18.2 Å². The number of para-hydroxylation sites is 1. The maximum Gasteiger partial charge on any atom is 0.329 e. The van der Waals surface area contributed by atoms with E-state index >= 15 is 4.39 Å². The van der Waals surface area contributed by atoms with Crippen molar-refractivity contribution in [3.8, 4) is 0 Å². The van der Waals surface area contributed by atoms with Crippen molar-refractivity contribution in [1.82, 2.24) is 39.1 Å². The Balaban J connectivity index is 0.681. The summed E-state index contributed by atoms with van der Waals surface area (Å²) in [5, 5.41) is 9.17. The Labute approximate surface area is 378 Å². The van der Waals surface area contributed by atoms with Crippen LogP contribution in [0.2, 0.25) is 0 Å². The summed E-state index contributed by atoms with van der Waals surface area (Å²) in [5.74, 6) is -0.294. The van der Waals surface area contributed by atoms with Crippen LogP contribution in [0.1, 0.15) is 81.4 Å². The third kappa shape index (κ3) is 8.44. The molecule has 3 amide bonds. The molecule has 0 spiro atoms. The summed E-state index contributed by atoms with van der Waals surface area (Å²) in [6.45, 7) is 4.81. The molecule has 3 aromatic heterocycles. The van der Waals surface area contributed by atoms with E-state index in [9.17, 15) is 28.0 Å². The van der Waals surface area contributed by atoms with Gasteiger partial charge in [-0.15, -0.1) is 0 Å². The summed E-state index contributed by atoms with van der Waals surface area (Å²) in [6, 6.07) is 6.70. The smallest absolute Gasteiger partial charge is 0.329 e. The average Bonchev–Trinajstić information content (AvgIpc) is 4.09. The third-order valence-electron chi connectivity index (χ3n) is 14.4. The van der Waals surface area contributed by atoms with Crippen molar-refractivity contribution in [3.05, 3.63) is 64.9 Å². The van der Waals surface area contributed by atoms with Crippen LogP contribution in [0.15, 0.2) is 47.7 Å². The number of halogens is 3. The van der Waals surface area contributed by atoms with Gasteiger partial charge in [-0.05, 0) is 69.1 Å². The van der Waals surface area contributed by atoms with Gasteiger partial charge in [-0.1, -0.05) is 6.07 Å². The van der Waals surface area contributed by atoms with E-state index < -0.39 is 42.3 Å². The first kappa shape index (κ1) is 44.1. The van der Waals surface area contributed by atoms with Crippen molar-refractivity contribution >= 4 is 51.5 Å². The summed E-state index contributed by atoms with van der Waals surface area (Å²) in [6.07, 6.45) is 4.64. The molecule has 1 saturated carbocycles. The Kier molecular flexibility index (Phi) is 12.1. The fourth-order valence-electron chi connectivity index (χ4n) is 10.9. The Morgan fingerprint density at radius 1 is 1.05 bits per heavy atom. The third-order valence-corrected chi connectivity index (χ3v) is 14.4. The quantitative estimate of drug-likeness (QED) is 0.130. The molecular weight excluding hydrogens is 862 g/mol. The second-order valence-corrected chi connectivity index (χ2v) is 18.7. The van der Waals surface area contributed by atoms with Gasteiger partial charge in [0, 0.05) is 77.2 Å². The maximum absolute atomic E-state index is 15.6. The number of likely N-dealkylation sites (tertiary alicyclic amines) is 1. The lowest BCUT2D eigenvalue weighted by Gasteiger charge is -2.43. The number of hydrogen-bond acceptors (Lipinski definition) is 13. The lowest BCUT2D eigenvalue weighted by Crippen LogP contribution is -2.51. The number of imide groups is 1. The van der Waals surface area contributed by atoms with Gasteiger partial charge in [-0.2, -0.15) is 5.10 Å². The van der Waals surface area contributed by atoms with Crippen molar-refractivity contribution < 1.29 is 37.0 Å². The van der Waals surface area contributed by atoms with Crippen LogP contribution in [0.3, 0.4) is 0 Å². The lowest BCUT2D eigenvalue weighted by atomic mass is 9.85. The molecule has 21 heteroatoms. The molecule has 1 aliphatic carbocycles. The van der Waals surface area contributed by atoms with Crippen molar-refractivity contribution in [2.45, 2.75) is 94.3 Å². The molecule has 1 aromatic carbocycles. The van der Waals surface area contributed by atoms with Gasteiger partial charge < -0.3 is 30.3 Å². The number of imidazole rings is 1. The van der Waals surface area contributed by atoms with Gasteiger partial charge in [-0.25, -0.2) is 27.9 Å². The van der Waals surface area contributed by atoms with Crippen LogP contribution < -0.4 is 31.9 Å². The minimum Gasteiger partial charge on any atom is -0.404 e. The fraction of sp³-hybridized carbons (Fsp3) is 0.578. The monoisotopic (exact) mass is 916 g/mol. The lowest BCUT2D eigenvalue weighted by molar-refractivity contribution is -0.135. The number of aromatic nitrogens is 6. The van der Waals surface area contributed by atoms with Crippen LogP contribution >= 0.6 is 0 Å². The highest BCUT2D eigenvalue weighted by Crippen LogP contribution is 2.38. The van der Waals surface area contributed by atoms with Crippen LogP contribution in [-0.2, 0) is 30.9 Å². The zero-order valence-corrected chi connectivity index (χ0v) is 36.7. The number of aryl methyl sites for hydroxylation is 1. The highest BCUT2D eigenvalue weighted by atomic mass is 19.3. The van der Waals surface area contributed by atoms with E-state index in [-0.39, 0.29) is 72.2 Å². The Hall–Kier alpha value is -5.80. The number of ether oxygens (including phenoxy) is 2. The number of morpholine rings is 1. The number of carbonyl (C=O) groups is 3. The summed E-state index contributed by atoms with van der Waals surface area (Å²) in [4.78, 5) is 66.5. The van der Waals surface area contributed by atoms with E-state index in [0.717, 1.165) is 43.2 Å². The minimum absolute atomic E-state index is 0.0500. The van der Waals surface area contributed by atoms with Gasteiger partial charge in [0.15, 0.2) is 11.5 Å². The first-order chi connectivity index (χ1) is 31.9. The number of alkyl halides is 3. The Morgan fingerprint density at radius 3 is 2.58 bits per heavy atom. The molecule has 66 heavy (non-hydrogen) atoms.